The lowest BCUT2D eigenvalue weighted by atomic mass is 10.1. The minimum absolute atomic E-state index is 0.167. The summed E-state index contributed by atoms with van der Waals surface area (Å²) < 4.78 is 0. The van der Waals surface area contributed by atoms with Crippen LogP contribution in [0.15, 0.2) is 36.5 Å². The maximum absolute atomic E-state index is 12.4. The molecule has 3 aromatic rings. The number of anilines is 2. The number of nitrogens with one attached hydrogen (secondary N) is 2. The van der Waals surface area contributed by atoms with Crippen molar-refractivity contribution in [3.8, 4) is 0 Å². The van der Waals surface area contributed by atoms with Crippen molar-refractivity contribution >= 4 is 28.2 Å². The molecule has 1 amide bonds. The summed E-state index contributed by atoms with van der Waals surface area (Å²) in [4.78, 5) is 19.8. The van der Waals surface area contributed by atoms with Crippen molar-refractivity contribution in [3.63, 3.8) is 0 Å². The van der Waals surface area contributed by atoms with E-state index in [4.69, 9.17) is 5.73 Å². The third-order valence-electron chi connectivity index (χ3n) is 3.42. The van der Waals surface area contributed by atoms with Crippen LogP contribution in [-0.4, -0.2) is 15.9 Å². The van der Waals surface area contributed by atoms with E-state index in [1.54, 1.807) is 12.3 Å². The SMILES string of the molecule is Cc1ccc(NC(=O)c2c[nH]c3cc(N)ccc23)c(C)n1. The summed E-state index contributed by atoms with van der Waals surface area (Å²) in [5.74, 6) is -0.167. The van der Waals surface area contributed by atoms with E-state index in [0.29, 0.717) is 11.3 Å². The molecule has 106 valence electrons. The zero-order chi connectivity index (χ0) is 15.0. The molecule has 3 rings (SSSR count). The molecule has 1 aromatic carbocycles. The molecule has 21 heavy (non-hydrogen) atoms. The highest BCUT2D eigenvalue weighted by atomic mass is 16.1. The Morgan fingerprint density at radius 3 is 2.81 bits per heavy atom. The first-order chi connectivity index (χ1) is 10.0. The number of nitrogens with zero attached hydrogens (tertiary/aromatic N) is 1. The van der Waals surface area contributed by atoms with Crippen LogP contribution in [-0.2, 0) is 0 Å². The number of aromatic nitrogens is 2. The summed E-state index contributed by atoms with van der Waals surface area (Å²) >= 11 is 0. The van der Waals surface area contributed by atoms with E-state index in [1.807, 2.05) is 38.1 Å². The number of pyridine rings is 1. The highest BCUT2D eigenvalue weighted by Crippen LogP contribution is 2.22. The second-order valence-electron chi connectivity index (χ2n) is 5.05. The fraction of sp³-hybridized carbons (Fsp3) is 0.125. The van der Waals surface area contributed by atoms with Crippen LogP contribution in [0.2, 0.25) is 0 Å². The van der Waals surface area contributed by atoms with Gasteiger partial charge in [0.25, 0.3) is 5.91 Å². The molecule has 0 aliphatic rings. The smallest absolute Gasteiger partial charge is 0.257 e. The van der Waals surface area contributed by atoms with Gasteiger partial charge >= 0.3 is 0 Å². The zero-order valence-electron chi connectivity index (χ0n) is 11.9. The monoisotopic (exact) mass is 280 g/mol. The average Bonchev–Trinajstić information content (AvgIpc) is 2.84. The van der Waals surface area contributed by atoms with Gasteiger partial charge < -0.3 is 16.0 Å². The number of aromatic amines is 1. The molecule has 0 aliphatic carbocycles. The Bertz CT molecular complexity index is 835. The van der Waals surface area contributed by atoms with Gasteiger partial charge in [0.15, 0.2) is 0 Å². The van der Waals surface area contributed by atoms with E-state index < -0.39 is 0 Å². The summed E-state index contributed by atoms with van der Waals surface area (Å²) in [5.41, 5.74) is 10.3. The van der Waals surface area contributed by atoms with E-state index >= 15 is 0 Å². The van der Waals surface area contributed by atoms with Gasteiger partial charge in [-0.2, -0.15) is 0 Å². The number of carbonyl (C=O) groups excluding carboxylic acids is 1. The Hall–Kier alpha value is -2.82. The Balaban J connectivity index is 1.94. The lowest BCUT2D eigenvalue weighted by molar-refractivity contribution is 0.102. The van der Waals surface area contributed by atoms with Gasteiger partial charge in [-0.1, -0.05) is 0 Å². The number of fused-ring (bicyclic) bond motifs is 1. The van der Waals surface area contributed by atoms with Crippen LogP contribution >= 0.6 is 0 Å². The van der Waals surface area contributed by atoms with Crippen molar-refractivity contribution in [1.29, 1.82) is 0 Å². The molecular formula is C16H16N4O. The van der Waals surface area contributed by atoms with Gasteiger partial charge in [-0.05, 0) is 44.2 Å². The molecule has 0 atom stereocenters. The minimum Gasteiger partial charge on any atom is -0.399 e. The van der Waals surface area contributed by atoms with Crippen molar-refractivity contribution in [2.75, 3.05) is 11.1 Å². The summed E-state index contributed by atoms with van der Waals surface area (Å²) in [6.07, 6.45) is 1.69. The Kier molecular flexibility index (Phi) is 3.10. The predicted molar refractivity (Wildman–Crippen MR) is 84.4 cm³/mol. The molecule has 0 radical (unpaired) electrons. The van der Waals surface area contributed by atoms with Crippen LogP contribution < -0.4 is 11.1 Å². The first kappa shape index (κ1) is 13.2. The molecule has 0 fully saturated rings. The summed E-state index contributed by atoms with van der Waals surface area (Å²) in [5, 5.41) is 3.74. The minimum atomic E-state index is -0.167. The van der Waals surface area contributed by atoms with E-state index in [0.717, 1.165) is 28.0 Å². The van der Waals surface area contributed by atoms with Crippen LogP contribution in [0.4, 0.5) is 11.4 Å². The number of nitrogen functional groups attached to an aromatic ring is 1. The highest BCUT2D eigenvalue weighted by molar-refractivity contribution is 6.13. The Morgan fingerprint density at radius 2 is 2.05 bits per heavy atom. The summed E-state index contributed by atoms with van der Waals surface area (Å²) in [6.45, 7) is 3.79. The van der Waals surface area contributed by atoms with Crippen LogP contribution in [0.25, 0.3) is 10.9 Å². The first-order valence-electron chi connectivity index (χ1n) is 6.67. The second kappa shape index (κ2) is 4.94. The quantitative estimate of drug-likeness (QED) is 0.631. The molecule has 0 aliphatic heterocycles. The zero-order valence-corrected chi connectivity index (χ0v) is 11.9. The van der Waals surface area contributed by atoms with Crippen LogP contribution in [0.1, 0.15) is 21.7 Å². The van der Waals surface area contributed by atoms with Crippen LogP contribution in [0.3, 0.4) is 0 Å². The van der Waals surface area contributed by atoms with Gasteiger partial charge in [0.05, 0.1) is 16.9 Å². The molecule has 5 heteroatoms. The third-order valence-corrected chi connectivity index (χ3v) is 3.42. The van der Waals surface area contributed by atoms with Crippen molar-refractivity contribution in [1.82, 2.24) is 9.97 Å². The number of rotatable bonds is 2. The number of hydrogen-bond donors (Lipinski definition) is 3. The van der Waals surface area contributed by atoms with Gasteiger partial charge in [-0.3, -0.25) is 9.78 Å². The molecule has 4 N–H and O–H groups in total. The number of H-pyrrole nitrogens is 1. The molecule has 0 saturated heterocycles. The number of carbonyl (C=O) groups is 1. The topological polar surface area (TPSA) is 83.8 Å². The van der Waals surface area contributed by atoms with E-state index in [1.165, 1.54) is 0 Å². The second-order valence-corrected chi connectivity index (χ2v) is 5.05. The predicted octanol–water partition coefficient (Wildman–Crippen LogP) is 3.01. The van der Waals surface area contributed by atoms with Crippen molar-refractivity contribution in [2.24, 2.45) is 0 Å². The Morgan fingerprint density at radius 1 is 1.24 bits per heavy atom. The average molecular weight is 280 g/mol. The van der Waals surface area contributed by atoms with E-state index in [-0.39, 0.29) is 5.91 Å². The normalized spacial score (nSPS) is 10.8. The lowest BCUT2D eigenvalue weighted by Gasteiger charge is -2.08. The van der Waals surface area contributed by atoms with Crippen molar-refractivity contribution in [3.05, 3.63) is 53.5 Å². The maximum atomic E-state index is 12.4. The van der Waals surface area contributed by atoms with Gasteiger partial charge in [-0.15, -0.1) is 0 Å². The molecule has 0 saturated carbocycles. The number of aryl methyl sites for hydroxylation is 2. The first-order valence-corrected chi connectivity index (χ1v) is 6.67. The number of hydrogen-bond acceptors (Lipinski definition) is 3. The molecule has 2 aromatic heterocycles. The number of nitrogens with two attached hydrogens (primary N) is 1. The highest BCUT2D eigenvalue weighted by Gasteiger charge is 2.13. The van der Waals surface area contributed by atoms with Crippen molar-refractivity contribution < 1.29 is 4.79 Å². The van der Waals surface area contributed by atoms with E-state index in [2.05, 4.69) is 15.3 Å². The molecule has 2 heterocycles. The van der Waals surface area contributed by atoms with Gasteiger partial charge in [0, 0.05) is 28.5 Å². The molecule has 0 spiro atoms. The standard InChI is InChI=1S/C16H16N4O/c1-9-3-6-14(10(2)19-9)20-16(21)13-8-18-15-7-11(17)4-5-12(13)15/h3-8,18H,17H2,1-2H3,(H,20,21). The van der Waals surface area contributed by atoms with Gasteiger partial charge in [-0.25, -0.2) is 0 Å². The van der Waals surface area contributed by atoms with Crippen LogP contribution in [0.5, 0.6) is 0 Å². The largest absolute Gasteiger partial charge is 0.399 e. The molecule has 0 unspecified atom stereocenters. The molecule has 5 nitrogen and oxygen atoms in total. The van der Waals surface area contributed by atoms with Gasteiger partial charge in [0.2, 0.25) is 0 Å². The van der Waals surface area contributed by atoms with Crippen molar-refractivity contribution in [2.45, 2.75) is 13.8 Å². The summed E-state index contributed by atoms with van der Waals surface area (Å²) in [6, 6.07) is 9.17. The molecule has 0 bridgehead atoms. The maximum Gasteiger partial charge on any atom is 0.257 e. The number of amides is 1. The fourth-order valence-corrected chi connectivity index (χ4v) is 2.34. The van der Waals surface area contributed by atoms with Crippen LogP contribution in [0, 0.1) is 13.8 Å². The summed E-state index contributed by atoms with van der Waals surface area (Å²) in [7, 11) is 0. The molecular weight excluding hydrogens is 264 g/mol. The fourth-order valence-electron chi connectivity index (χ4n) is 2.34. The Labute approximate surface area is 122 Å². The van der Waals surface area contributed by atoms with E-state index in [9.17, 15) is 4.79 Å². The van der Waals surface area contributed by atoms with Gasteiger partial charge in [0.1, 0.15) is 0 Å². The lowest BCUT2D eigenvalue weighted by Crippen LogP contribution is -2.13. The third kappa shape index (κ3) is 2.45. The number of benzene rings is 1.